The van der Waals surface area contributed by atoms with E-state index in [1.54, 1.807) is 0 Å². The lowest BCUT2D eigenvalue weighted by Crippen LogP contribution is -2.46. The molecule has 0 amide bonds. The normalized spacial score (nSPS) is 13.6. The molecule has 38 heavy (non-hydrogen) atoms. The molecule has 1 aliphatic rings. The predicted molar refractivity (Wildman–Crippen MR) is 159 cm³/mol. The number of fused-ring (bicyclic) bond motifs is 1. The molecule has 3 aromatic carbocycles. The van der Waals surface area contributed by atoms with Gasteiger partial charge in [0.05, 0.1) is 5.52 Å². The van der Waals surface area contributed by atoms with Gasteiger partial charge in [0.1, 0.15) is 5.82 Å². The second kappa shape index (κ2) is 11.1. The molecule has 0 radical (unpaired) electrons. The molecule has 5 aromatic rings. The summed E-state index contributed by atoms with van der Waals surface area (Å²) in [7, 11) is 0. The Bertz CT molecular complexity index is 1530. The fraction of sp³-hybridized carbons (Fsp3) is 0.188. The van der Waals surface area contributed by atoms with Gasteiger partial charge in [0.2, 0.25) is 0 Å². The number of nitrogens with zero attached hydrogens (tertiary/aromatic N) is 4. The number of aromatic nitrogens is 2. The number of anilines is 4. The van der Waals surface area contributed by atoms with Gasteiger partial charge in [-0.1, -0.05) is 48.0 Å². The van der Waals surface area contributed by atoms with Gasteiger partial charge < -0.3 is 15.1 Å². The molecule has 1 N–H and O–H groups in total. The quantitative estimate of drug-likeness (QED) is 0.247. The average molecular weight is 520 g/mol. The van der Waals surface area contributed by atoms with Crippen LogP contribution in [0.2, 0.25) is 5.02 Å². The number of halogens is 1. The number of para-hydroxylation sites is 1. The van der Waals surface area contributed by atoms with Crippen molar-refractivity contribution in [2.75, 3.05) is 41.3 Å². The van der Waals surface area contributed by atoms with E-state index < -0.39 is 0 Å². The topological polar surface area (TPSA) is 44.3 Å². The summed E-state index contributed by atoms with van der Waals surface area (Å²) in [6.07, 6.45) is 3.64. The van der Waals surface area contributed by atoms with Crippen LogP contribution in [0.25, 0.3) is 10.9 Å². The molecular weight excluding hydrogens is 490 g/mol. The van der Waals surface area contributed by atoms with E-state index in [-0.39, 0.29) is 0 Å². The Balaban J connectivity index is 1.09. The molecular formula is C32H30ClN5. The fourth-order valence-electron chi connectivity index (χ4n) is 5.08. The van der Waals surface area contributed by atoms with E-state index in [0.717, 1.165) is 72.8 Å². The van der Waals surface area contributed by atoms with E-state index in [1.165, 1.54) is 11.3 Å². The van der Waals surface area contributed by atoms with E-state index in [0.29, 0.717) is 5.02 Å². The van der Waals surface area contributed by atoms with Crippen LogP contribution in [0.15, 0.2) is 103 Å². The van der Waals surface area contributed by atoms with Crippen LogP contribution in [0.5, 0.6) is 0 Å². The second-order valence-corrected chi connectivity index (χ2v) is 10.1. The summed E-state index contributed by atoms with van der Waals surface area (Å²) < 4.78 is 0. The van der Waals surface area contributed by atoms with Gasteiger partial charge in [0.25, 0.3) is 0 Å². The van der Waals surface area contributed by atoms with Gasteiger partial charge in [0, 0.05) is 65.5 Å². The Morgan fingerprint density at radius 1 is 0.737 bits per heavy atom. The van der Waals surface area contributed by atoms with E-state index in [2.05, 4.69) is 92.9 Å². The smallest absolute Gasteiger partial charge is 0.128 e. The third-order valence-corrected chi connectivity index (χ3v) is 7.33. The first-order chi connectivity index (χ1) is 18.7. The summed E-state index contributed by atoms with van der Waals surface area (Å²) >= 11 is 6.15. The van der Waals surface area contributed by atoms with Crippen LogP contribution in [-0.4, -0.2) is 36.1 Å². The number of aryl methyl sites for hydroxylation is 2. The van der Waals surface area contributed by atoms with Gasteiger partial charge in [-0.3, -0.25) is 4.98 Å². The number of rotatable bonds is 7. The molecule has 3 heterocycles. The molecule has 1 fully saturated rings. The largest absolute Gasteiger partial charge is 0.368 e. The second-order valence-electron chi connectivity index (χ2n) is 9.64. The Morgan fingerprint density at radius 2 is 1.55 bits per heavy atom. The minimum atomic E-state index is 0.691. The summed E-state index contributed by atoms with van der Waals surface area (Å²) in [5.41, 5.74) is 6.66. The van der Waals surface area contributed by atoms with Gasteiger partial charge in [-0.05, 0) is 79.1 Å². The summed E-state index contributed by atoms with van der Waals surface area (Å²) in [6, 6.07) is 33.5. The zero-order valence-electron chi connectivity index (χ0n) is 21.2. The highest BCUT2D eigenvalue weighted by Gasteiger charge is 2.18. The molecule has 0 saturated carbocycles. The summed E-state index contributed by atoms with van der Waals surface area (Å²) in [5, 5.41) is 5.30. The van der Waals surface area contributed by atoms with Crippen molar-refractivity contribution in [3.05, 3.63) is 120 Å². The SMILES string of the molecule is Clc1ccc2c(Nc3cccc(CCc4cccc(N5CCN(c6ccccc6)CC5)n4)c3)ccnc2c1. The monoisotopic (exact) mass is 519 g/mol. The average Bonchev–Trinajstić information content (AvgIpc) is 2.97. The van der Waals surface area contributed by atoms with Gasteiger partial charge in [0.15, 0.2) is 0 Å². The predicted octanol–water partition coefficient (Wildman–Crippen LogP) is 7.14. The van der Waals surface area contributed by atoms with Crippen LogP contribution in [-0.2, 0) is 12.8 Å². The van der Waals surface area contributed by atoms with Gasteiger partial charge in [-0.25, -0.2) is 4.98 Å². The molecule has 2 aromatic heterocycles. The molecule has 0 aliphatic carbocycles. The first-order valence-electron chi connectivity index (χ1n) is 13.1. The lowest BCUT2D eigenvalue weighted by atomic mass is 10.1. The van der Waals surface area contributed by atoms with Crippen LogP contribution in [0, 0.1) is 0 Å². The summed E-state index contributed by atoms with van der Waals surface area (Å²) in [4.78, 5) is 14.3. The van der Waals surface area contributed by atoms with Gasteiger partial charge in [-0.2, -0.15) is 0 Å². The van der Waals surface area contributed by atoms with Crippen LogP contribution in [0.4, 0.5) is 22.9 Å². The lowest BCUT2D eigenvalue weighted by molar-refractivity contribution is 0.646. The van der Waals surface area contributed by atoms with E-state index in [1.807, 2.05) is 30.5 Å². The van der Waals surface area contributed by atoms with Crippen LogP contribution >= 0.6 is 11.6 Å². The molecule has 1 saturated heterocycles. The standard InChI is InChI=1S/C32H30ClN5/c33-25-13-15-29-30(16-17-34-31(29)23-25)35-27-8-4-6-24(22-27)12-14-26-7-5-11-32(36-26)38-20-18-37(19-21-38)28-9-2-1-3-10-28/h1-11,13,15-17,22-23H,12,14,18-21H2,(H,34,35). The van der Waals surface area contributed by atoms with Crippen molar-refractivity contribution in [3.63, 3.8) is 0 Å². The molecule has 6 rings (SSSR count). The minimum absolute atomic E-state index is 0.691. The molecule has 190 valence electrons. The van der Waals surface area contributed by atoms with Crippen LogP contribution in [0.1, 0.15) is 11.3 Å². The Kier molecular flexibility index (Phi) is 7.10. The van der Waals surface area contributed by atoms with Crippen LogP contribution in [0.3, 0.4) is 0 Å². The Labute approximate surface area is 228 Å². The molecule has 5 nitrogen and oxygen atoms in total. The van der Waals surface area contributed by atoms with Crippen molar-refractivity contribution in [1.82, 2.24) is 9.97 Å². The maximum absolute atomic E-state index is 6.15. The van der Waals surface area contributed by atoms with E-state index in [4.69, 9.17) is 16.6 Å². The highest BCUT2D eigenvalue weighted by Crippen LogP contribution is 2.28. The maximum Gasteiger partial charge on any atom is 0.128 e. The summed E-state index contributed by atoms with van der Waals surface area (Å²) in [5.74, 6) is 1.08. The van der Waals surface area contributed by atoms with Crippen molar-refractivity contribution in [2.24, 2.45) is 0 Å². The van der Waals surface area contributed by atoms with Crippen molar-refractivity contribution in [3.8, 4) is 0 Å². The third-order valence-electron chi connectivity index (χ3n) is 7.10. The minimum Gasteiger partial charge on any atom is -0.368 e. The zero-order chi connectivity index (χ0) is 25.7. The molecule has 0 unspecified atom stereocenters. The first-order valence-corrected chi connectivity index (χ1v) is 13.5. The molecule has 6 heteroatoms. The van der Waals surface area contributed by atoms with E-state index in [9.17, 15) is 0 Å². The van der Waals surface area contributed by atoms with Crippen molar-refractivity contribution in [2.45, 2.75) is 12.8 Å². The highest BCUT2D eigenvalue weighted by molar-refractivity contribution is 6.31. The number of hydrogen-bond acceptors (Lipinski definition) is 5. The third kappa shape index (κ3) is 5.58. The van der Waals surface area contributed by atoms with Crippen molar-refractivity contribution < 1.29 is 0 Å². The number of benzene rings is 3. The lowest BCUT2D eigenvalue weighted by Gasteiger charge is -2.36. The maximum atomic E-state index is 6.15. The number of piperazine rings is 1. The molecule has 0 spiro atoms. The molecule has 0 atom stereocenters. The fourth-order valence-corrected chi connectivity index (χ4v) is 5.24. The van der Waals surface area contributed by atoms with Crippen LogP contribution < -0.4 is 15.1 Å². The first kappa shape index (κ1) is 24.3. The Morgan fingerprint density at radius 3 is 2.42 bits per heavy atom. The number of hydrogen-bond donors (Lipinski definition) is 1. The van der Waals surface area contributed by atoms with Crippen molar-refractivity contribution >= 4 is 45.4 Å². The number of pyridine rings is 2. The molecule has 1 aliphatic heterocycles. The summed E-state index contributed by atoms with van der Waals surface area (Å²) in [6.45, 7) is 3.98. The Hall–Kier alpha value is -4.09. The van der Waals surface area contributed by atoms with Gasteiger partial charge in [-0.15, -0.1) is 0 Å². The van der Waals surface area contributed by atoms with E-state index >= 15 is 0 Å². The van der Waals surface area contributed by atoms with Gasteiger partial charge >= 0.3 is 0 Å². The number of nitrogens with one attached hydrogen (secondary N) is 1. The molecule has 0 bridgehead atoms. The van der Waals surface area contributed by atoms with Crippen molar-refractivity contribution in [1.29, 1.82) is 0 Å². The zero-order valence-corrected chi connectivity index (χ0v) is 22.0. The highest BCUT2D eigenvalue weighted by atomic mass is 35.5.